The maximum absolute atomic E-state index is 12.5. The number of para-hydroxylation sites is 1. The van der Waals surface area contributed by atoms with Crippen LogP contribution in [0, 0.1) is 5.92 Å². The number of rotatable bonds is 14. The van der Waals surface area contributed by atoms with E-state index in [-0.39, 0.29) is 23.3 Å². The standard InChI is InChI=1S/C22H25N7O7.C8H16N2O/c1-3-5-16-25-19(29-36-16)12-6-4-7-13(18(12)35-2)23-14-10-15(24-20(30)11-8-9-11)27-28-17(14)21(31)26-22(32,33)34;1-10-6-2-3-8(10)4-5-9-7-11/h4,6-7,10-11,32-34H,3,5,8-9H2,1-2H3,(H,26,31)(H2,23,24,27,30);7-8H,2-6H2,1H3,(H,9,11). The van der Waals surface area contributed by atoms with Crippen LogP contribution in [0.5, 0.6) is 5.75 Å². The van der Waals surface area contributed by atoms with E-state index in [0.29, 0.717) is 41.2 Å². The van der Waals surface area contributed by atoms with E-state index in [1.165, 1.54) is 32.6 Å². The van der Waals surface area contributed by atoms with Crippen LogP contribution in [0.1, 0.15) is 61.8 Å². The molecular weight excluding hydrogens is 614 g/mol. The van der Waals surface area contributed by atoms with Gasteiger partial charge in [0.2, 0.25) is 24.0 Å². The Kier molecular flexibility index (Phi) is 12.1. The number of aliphatic hydroxyl groups is 3. The second kappa shape index (κ2) is 16.2. The predicted molar refractivity (Wildman–Crippen MR) is 168 cm³/mol. The fourth-order valence-corrected chi connectivity index (χ4v) is 5.01. The van der Waals surface area contributed by atoms with E-state index in [9.17, 15) is 14.4 Å². The minimum absolute atomic E-state index is 0.0214. The largest absolute Gasteiger partial charge is 0.494 e. The summed E-state index contributed by atoms with van der Waals surface area (Å²) in [6, 6.07) is 7.11. The number of benzene rings is 1. The smallest absolute Gasteiger partial charge is 0.369 e. The van der Waals surface area contributed by atoms with Gasteiger partial charge < -0.3 is 45.4 Å². The number of aromatic nitrogens is 4. The van der Waals surface area contributed by atoms with Crippen molar-refractivity contribution in [3.63, 3.8) is 0 Å². The Labute approximate surface area is 271 Å². The third-order valence-electron chi connectivity index (χ3n) is 7.53. The third-order valence-corrected chi connectivity index (χ3v) is 7.53. The first-order valence-electron chi connectivity index (χ1n) is 15.3. The number of hydrogen-bond donors (Lipinski definition) is 7. The van der Waals surface area contributed by atoms with Crippen molar-refractivity contribution in [2.75, 3.05) is 37.9 Å². The summed E-state index contributed by atoms with van der Waals surface area (Å²) in [6.45, 7) is 4.02. The molecule has 2 aliphatic rings. The highest BCUT2D eigenvalue weighted by atomic mass is 16.7. The van der Waals surface area contributed by atoms with E-state index in [4.69, 9.17) is 24.6 Å². The van der Waals surface area contributed by atoms with Crippen LogP contribution in [0.3, 0.4) is 0 Å². The van der Waals surface area contributed by atoms with Crippen LogP contribution in [0.25, 0.3) is 11.4 Å². The van der Waals surface area contributed by atoms with Gasteiger partial charge in [-0.2, -0.15) is 4.98 Å². The van der Waals surface area contributed by atoms with Crippen molar-refractivity contribution in [3.05, 3.63) is 35.9 Å². The third kappa shape index (κ3) is 10.1. The molecule has 2 fully saturated rings. The van der Waals surface area contributed by atoms with E-state index in [1.807, 2.05) is 6.92 Å². The molecule has 0 bridgehead atoms. The van der Waals surface area contributed by atoms with Crippen molar-refractivity contribution in [2.45, 2.75) is 64.0 Å². The van der Waals surface area contributed by atoms with Crippen LogP contribution in [-0.2, 0) is 16.0 Å². The first kappa shape index (κ1) is 35.1. The molecule has 1 saturated heterocycles. The van der Waals surface area contributed by atoms with E-state index >= 15 is 0 Å². The number of aryl methyl sites for hydroxylation is 1. The van der Waals surface area contributed by atoms with Crippen LogP contribution in [0.2, 0.25) is 0 Å². The van der Waals surface area contributed by atoms with E-state index in [1.54, 1.807) is 23.5 Å². The minimum atomic E-state index is -3.48. The Hall–Kier alpha value is -4.71. The molecule has 3 aromatic rings. The van der Waals surface area contributed by atoms with Crippen molar-refractivity contribution in [1.29, 1.82) is 0 Å². The Morgan fingerprint density at radius 2 is 1.96 bits per heavy atom. The van der Waals surface area contributed by atoms with Gasteiger partial charge in [0.15, 0.2) is 17.3 Å². The van der Waals surface area contributed by atoms with Crippen LogP contribution < -0.4 is 26.0 Å². The normalized spacial score (nSPS) is 16.1. The number of carbonyl (C=O) groups excluding carboxylic acids is 3. The van der Waals surface area contributed by atoms with Gasteiger partial charge in [0.1, 0.15) is 0 Å². The number of carbonyl (C=O) groups is 3. The van der Waals surface area contributed by atoms with Gasteiger partial charge >= 0.3 is 6.10 Å². The highest BCUT2D eigenvalue weighted by Gasteiger charge is 2.31. The van der Waals surface area contributed by atoms with E-state index < -0.39 is 17.7 Å². The van der Waals surface area contributed by atoms with Crippen molar-refractivity contribution in [1.82, 2.24) is 35.9 Å². The molecule has 2 aromatic heterocycles. The van der Waals surface area contributed by atoms with Gasteiger partial charge in [-0.1, -0.05) is 18.1 Å². The summed E-state index contributed by atoms with van der Waals surface area (Å²) < 4.78 is 10.8. The molecular formula is C30H41N9O8. The Morgan fingerprint density at radius 1 is 1.17 bits per heavy atom. The average molecular weight is 656 g/mol. The summed E-state index contributed by atoms with van der Waals surface area (Å²) in [6.07, 6.45) is 3.97. The zero-order chi connectivity index (χ0) is 34.0. The topological polar surface area (TPSA) is 237 Å². The van der Waals surface area contributed by atoms with Gasteiger partial charge in [-0.15, -0.1) is 10.2 Å². The van der Waals surface area contributed by atoms with Gasteiger partial charge in [0.25, 0.3) is 5.91 Å². The molecule has 1 saturated carbocycles. The van der Waals surface area contributed by atoms with Gasteiger partial charge in [-0.25, -0.2) is 0 Å². The highest BCUT2D eigenvalue weighted by molar-refractivity contribution is 6.00. The summed E-state index contributed by atoms with van der Waals surface area (Å²) in [5.74, 6) is -0.341. The van der Waals surface area contributed by atoms with Gasteiger partial charge in [-0.3, -0.25) is 19.7 Å². The van der Waals surface area contributed by atoms with Crippen molar-refractivity contribution < 1.29 is 39.0 Å². The molecule has 254 valence electrons. The fourth-order valence-electron chi connectivity index (χ4n) is 5.01. The highest BCUT2D eigenvalue weighted by Crippen LogP contribution is 2.37. The molecule has 17 heteroatoms. The van der Waals surface area contributed by atoms with Crippen molar-refractivity contribution in [3.8, 4) is 17.1 Å². The number of ether oxygens (including phenoxy) is 1. The van der Waals surface area contributed by atoms with Crippen LogP contribution in [0.4, 0.5) is 17.2 Å². The first-order chi connectivity index (χ1) is 22.5. The molecule has 1 aliphatic carbocycles. The Morgan fingerprint density at radius 3 is 2.60 bits per heavy atom. The zero-order valence-corrected chi connectivity index (χ0v) is 26.5. The van der Waals surface area contributed by atoms with Crippen LogP contribution >= 0.6 is 0 Å². The van der Waals surface area contributed by atoms with E-state index in [2.05, 4.69) is 48.2 Å². The number of hydrogen-bond acceptors (Lipinski definition) is 14. The van der Waals surface area contributed by atoms with Crippen LogP contribution in [0.15, 0.2) is 28.8 Å². The molecule has 0 radical (unpaired) electrons. The second-order valence-electron chi connectivity index (χ2n) is 11.3. The molecule has 47 heavy (non-hydrogen) atoms. The SMILES string of the molecule is CCCc1nc(-c2cccc(Nc3cc(NC(=O)C4CC4)nnc3C(=O)NC(O)(O)O)c2OC)no1.CN1CCCC1CCNC=O. The maximum atomic E-state index is 12.5. The molecule has 3 heterocycles. The number of nitrogens with zero attached hydrogens (tertiary/aromatic N) is 5. The van der Waals surface area contributed by atoms with Crippen molar-refractivity contribution >= 4 is 35.4 Å². The summed E-state index contributed by atoms with van der Waals surface area (Å²) in [7, 11) is 3.59. The molecule has 7 N–H and O–H groups in total. The van der Waals surface area contributed by atoms with Gasteiger partial charge in [0.05, 0.1) is 24.0 Å². The molecule has 1 aromatic carbocycles. The molecule has 5 rings (SSSR count). The average Bonchev–Trinajstić information content (AvgIpc) is 3.65. The molecule has 0 spiro atoms. The number of methoxy groups -OCH3 is 1. The number of anilines is 3. The van der Waals surface area contributed by atoms with Gasteiger partial charge in [-0.05, 0) is 64.3 Å². The van der Waals surface area contributed by atoms with Crippen molar-refractivity contribution in [2.24, 2.45) is 5.92 Å². The molecule has 1 atom stereocenters. The summed E-state index contributed by atoms with van der Waals surface area (Å²) in [5, 5.41) is 49.0. The predicted octanol–water partition coefficient (Wildman–Crippen LogP) is 1.11. The lowest BCUT2D eigenvalue weighted by molar-refractivity contribution is -0.323. The quantitative estimate of drug-likeness (QED) is 0.0732. The van der Waals surface area contributed by atoms with Crippen LogP contribution in [-0.4, -0.2) is 98.2 Å². The number of nitrogens with one attached hydrogen (secondary N) is 4. The number of likely N-dealkylation sites (tertiary alicyclic amines) is 1. The summed E-state index contributed by atoms with van der Waals surface area (Å²) >= 11 is 0. The molecule has 1 unspecified atom stereocenters. The lowest BCUT2D eigenvalue weighted by atomic mass is 10.1. The maximum Gasteiger partial charge on any atom is 0.369 e. The molecule has 3 amide bonds. The lowest BCUT2D eigenvalue weighted by Crippen LogP contribution is -2.48. The first-order valence-corrected chi connectivity index (χ1v) is 15.3. The number of amides is 3. The molecule has 1 aliphatic heterocycles. The Bertz CT molecular complexity index is 1520. The minimum Gasteiger partial charge on any atom is -0.494 e. The van der Waals surface area contributed by atoms with Gasteiger partial charge in [0, 0.05) is 31.0 Å². The second-order valence-corrected chi connectivity index (χ2v) is 11.3. The summed E-state index contributed by atoms with van der Waals surface area (Å²) in [4.78, 5) is 41.4. The Balaban J connectivity index is 0.000000385. The molecule has 17 nitrogen and oxygen atoms in total. The monoisotopic (exact) mass is 655 g/mol. The summed E-state index contributed by atoms with van der Waals surface area (Å²) in [5.41, 5.74) is 0.483. The zero-order valence-electron chi connectivity index (χ0n) is 26.5. The lowest BCUT2D eigenvalue weighted by Gasteiger charge is -2.18. The fraction of sp³-hybridized carbons (Fsp3) is 0.500. The van der Waals surface area contributed by atoms with E-state index in [0.717, 1.165) is 38.6 Å².